The number of benzene rings is 1. The molecule has 0 spiro atoms. The molecular formula is C14H16ClNO. The number of halogens is 1. The molecule has 0 aliphatic carbocycles. The van der Waals surface area contributed by atoms with Gasteiger partial charge in [-0.15, -0.1) is 0 Å². The van der Waals surface area contributed by atoms with Crippen molar-refractivity contribution in [3.8, 4) is 0 Å². The van der Waals surface area contributed by atoms with Gasteiger partial charge >= 0.3 is 0 Å². The first-order chi connectivity index (χ1) is 8.08. The van der Waals surface area contributed by atoms with Crippen molar-refractivity contribution >= 4 is 17.3 Å². The summed E-state index contributed by atoms with van der Waals surface area (Å²) in [5.74, 6) is 0.704. The molecular weight excluding hydrogens is 234 g/mol. The van der Waals surface area contributed by atoms with Crippen molar-refractivity contribution < 1.29 is 4.74 Å². The fourth-order valence-corrected chi connectivity index (χ4v) is 1.63. The molecule has 1 aromatic carbocycles. The molecule has 0 aliphatic heterocycles. The quantitative estimate of drug-likeness (QED) is 0.579. The van der Waals surface area contributed by atoms with Crippen molar-refractivity contribution in [1.29, 1.82) is 0 Å². The van der Waals surface area contributed by atoms with Gasteiger partial charge in [0.15, 0.2) is 0 Å². The zero-order chi connectivity index (χ0) is 12.8. The second-order valence-electron chi connectivity index (χ2n) is 3.56. The molecule has 0 heterocycles. The first kappa shape index (κ1) is 13.5. The van der Waals surface area contributed by atoms with E-state index in [9.17, 15) is 0 Å². The minimum atomic E-state index is 0.670. The number of hydrogen-bond acceptors (Lipinski definition) is 2. The SMILES string of the molecule is C=C(C)N=C(/C(=C\C)OC)c1cccc(Cl)c1. The first-order valence-electron chi connectivity index (χ1n) is 5.29. The maximum Gasteiger partial charge on any atom is 0.140 e. The van der Waals surface area contributed by atoms with Crippen LogP contribution in [0.5, 0.6) is 0 Å². The van der Waals surface area contributed by atoms with Gasteiger partial charge in [-0.2, -0.15) is 0 Å². The molecule has 90 valence electrons. The summed E-state index contributed by atoms with van der Waals surface area (Å²) >= 11 is 5.98. The van der Waals surface area contributed by atoms with Gasteiger partial charge in [-0.25, -0.2) is 4.99 Å². The summed E-state index contributed by atoms with van der Waals surface area (Å²) in [6, 6.07) is 7.50. The van der Waals surface area contributed by atoms with Crippen LogP contribution in [0, 0.1) is 0 Å². The van der Waals surface area contributed by atoms with E-state index in [-0.39, 0.29) is 0 Å². The molecule has 0 saturated heterocycles. The minimum Gasteiger partial charge on any atom is -0.495 e. The summed E-state index contributed by atoms with van der Waals surface area (Å²) in [6.45, 7) is 7.53. The zero-order valence-corrected chi connectivity index (χ0v) is 11.1. The van der Waals surface area contributed by atoms with Crippen LogP contribution in [0.4, 0.5) is 0 Å². The van der Waals surface area contributed by atoms with E-state index in [2.05, 4.69) is 11.6 Å². The predicted octanol–water partition coefficient (Wildman–Crippen LogP) is 4.21. The molecule has 0 unspecified atom stereocenters. The lowest BCUT2D eigenvalue weighted by atomic mass is 10.1. The van der Waals surface area contributed by atoms with Crippen LogP contribution in [0.2, 0.25) is 5.02 Å². The molecule has 0 fully saturated rings. The Balaban J connectivity index is 3.30. The lowest BCUT2D eigenvalue weighted by Crippen LogP contribution is -2.07. The third kappa shape index (κ3) is 3.75. The monoisotopic (exact) mass is 249 g/mol. The Morgan fingerprint density at radius 3 is 2.65 bits per heavy atom. The molecule has 0 aromatic heterocycles. The Bertz CT molecular complexity index is 475. The average molecular weight is 250 g/mol. The van der Waals surface area contributed by atoms with Crippen LogP contribution < -0.4 is 0 Å². The summed E-state index contributed by atoms with van der Waals surface area (Å²) in [7, 11) is 1.62. The molecule has 1 rings (SSSR count). The molecule has 0 bridgehead atoms. The highest BCUT2D eigenvalue weighted by atomic mass is 35.5. The van der Waals surface area contributed by atoms with E-state index in [0.29, 0.717) is 10.8 Å². The van der Waals surface area contributed by atoms with Crippen molar-refractivity contribution in [2.75, 3.05) is 7.11 Å². The van der Waals surface area contributed by atoms with Gasteiger partial charge in [0.2, 0.25) is 0 Å². The highest BCUT2D eigenvalue weighted by Crippen LogP contribution is 2.17. The van der Waals surface area contributed by atoms with Crippen molar-refractivity contribution in [1.82, 2.24) is 0 Å². The van der Waals surface area contributed by atoms with E-state index in [1.807, 2.05) is 44.2 Å². The lowest BCUT2D eigenvalue weighted by Gasteiger charge is -2.10. The topological polar surface area (TPSA) is 21.6 Å². The van der Waals surface area contributed by atoms with Crippen molar-refractivity contribution in [3.63, 3.8) is 0 Å². The number of ether oxygens (including phenoxy) is 1. The molecule has 2 nitrogen and oxygen atoms in total. The van der Waals surface area contributed by atoms with Crippen molar-refractivity contribution in [3.05, 3.63) is 59.0 Å². The van der Waals surface area contributed by atoms with Crippen LogP contribution in [0.3, 0.4) is 0 Å². The van der Waals surface area contributed by atoms with Gasteiger partial charge in [0, 0.05) is 16.3 Å². The number of hydrogen-bond donors (Lipinski definition) is 0. The fourth-order valence-electron chi connectivity index (χ4n) is 1.44. The maximum atomic E-state index is 5.98. The summed E-state index contributed by atoms with van der Waals surface area (Å²) in [4.78, 5) is 4.40. The molecule has 0 atom stereocenters. The maximum absolute atomic E-state index is 5.98. The standard InChI is InChI=1S/C14H16ClNO/c1-5-13(17-4)14(16-10(2)3)11-7-6-8-12(15)9-11/h5-9H,2H2,1,3-4H3/b13-5+,16-14?. The third-order valence-corrected chi connectivity index (χ3v) is 2.35. The summed E-state index contributed by atoms with van der Waals surface area (Å²) in [6.07, 6.45) is 1.86. The van der Waals surface area contributed by atoms with E-state index in [4.69, 9.17) is 16.3 Å². The molecule has 0 saturated carbocycles. The third-order valence-electron chi connectivity index (χ3n) is 2.12. The first-order valence-corrected chi connectivity index (χ1v) is 5.67. The van der Waals surface area contributed by atoms with Crippen LogP contribution in [-0.2, 0) is 4.74 Å². The minimum absolute atomic E-state index is 0.670. The molecule has 0 aliphatic rings. The largest absolute Gasteiger partial charge is 0.495 e. The Morgan fingerprint density at radius 1 is 1.47 bits per heavy atom. The summed E-state index contributed by atoms with van der Waals surface area (Å²) in [5, 5.41) is 0.670. The molecule has 17 heavy (non-hydrogen) atoms. The number of methoxy groups -OCH3 is 1. The van der Waals surface area contributed by atoms with Crippen LogP contribution >= 0.6 is 11.6 Å². The van der Waals surface area contributed by atoms with Gasteiger partial charge in [0.25, 0.3) is 0 Å². The number of aliphatic imine (C=N–C) groups is 1. The summed E-state index contributed by atoms with van der Waals surface area (Å²) in [5.41, 5.74) is 2.37. The van der Waals surface area contributed by atoms with E-state index < -0.39 is 0 Å². The second kappa shape index (κ2) is 6.26. The molecule has 0 N–H and O–H groups in total. The molecule has 0 radical (unpaired) electrons. The van der Waals surface area contributed by atoms with E-state index in [1.54, 1.807) is 7.11 Å². The van der Waals surface area contributed by atoms with Gasteiger partial charge in [0.05, 0.1) is 7.11 Å². The molecule has 0 amide bonds. The molecule has 3 heteroatoms. The summed E-state index contributed by atoms with van der Waals surface area (Å²) < 4.78 is 5.30. The van der Waals surface area contributed by atoms with Crippen LogP contribution in [0.15, 0.2) is 53.4 Å². The van der Waals surface area contributed by atoms with E-state index in [1.165, 1.54) is 0 Å². The zero-order valence-electron chi connectivity index (χ0n) is 10.3. The average Bonchev–Trinajstić information content (AvgIpc) is 2.29. The van der Waals surface area contributed by atoms with Gasteiger partial charge in [-0.1, -0.05) is 30.3 Å². The van der Waals surface area contributed by atoms with Crippen molar-refractivity contribution in [2.24, 2.45) is 4.99 Å². The highest BCUT2D eigenvalue weighted by molar-refractivity contribution is 6.31. The highest BCUT2D eigenvalue weighted by Gasteiger charge is 2.10. The number of rotatable bonds is 4. The molecule has 1 aromatic rings. The Kier molecular flexibility index (Phi) is 4.98. The predicted molar refractivity (Wildman–Crippen MR) is 73.6 cm³/mol. The fraction of sp³-hybridized carbons (Fsp3) is 0.214. The Morgan fingerprint density at radius 2 is 2.18 bits per heavy atom. The normalized spacial score (nSPS) is 12.5. The number of allylic oxidation sites excluding steroid dienone is 3. The lowest BCUT2D eigenvalue weighted by molar-refractivity contribution is 0.314. The van der Waals surface area contributed by atoms with Gasteiger partial charge in [-0.05, 0) is 32.1 Å². The van der Waals surface area contributed by atoms with E-state index >= 15 is 0 Å². The van der Waals surface area contributed by atoms with Gasteiger partial charge in [-0.3, -0.25) is 0 Å². The van der Waals surface area contributed by atoms with Gasteiger partial charge in [0.1, 0.15) is 11.5 Å². The van der Waals surface area contributed by atoms with E-state index in [0.717, 1.165) is 17.0 Å². The Labute approximate surface area is 107 Å². The smallest absolute Gasteiger partial charge is 0.140 e. The number of nitrogens with zero attached hydrogens (tertiary/aromatic N) is 1. The van der Waals surface area contributed by atoms with Crippen LogP contribution in [-0.4, -0.2) is 12.8 Å². The van der Waals surface area contributed by atoms with Gasteiger partial charge < -0.3 is 4.74 Å². The Hall–Kier alpha value is -1.54. The van der Waals surface area contributed by atoms with Crippen LogP contribution in [0.25, 0.3) is 0 Å². The van der Waals surface area contributed by atoms with Crippen molar-refractivity contribution in [2.45, 2.75) is 13.8 Å². The van der Waals surface area contributed by atoms with Crippen LogP contribution in [0.1, 0.15) is 19.4 Å². The second-order valence-corrected chi connectivity index (χ2v) is 4.00.